The van der Waals surface area contributed by atoms with Gasteiger partial charge in [0.05, 0.1) is 6.54 Å². The van der Waals surface area contributed by atoms with Crippen molar-refractivity contribution < 1.29 is 4.79 Å². The van der Waals surface area contributed by atoms with Crippen LogP contribution in [0.3, 0.4) is 0 Å². The average molecular weight is 294 g/mol. The van der Waals surface area contributed by atoms with E-state index in [1.807, 2.05) is 29.2 Å². The Bertz CT molecular complexity index is 490. The molecule has 2 atom stereocenters. The van der Waals surface area contributed by atoms with Gasteiger partial charge in [0.15, 0.2) is 0 Å². The predicted octanol–water partition coefficient (Wildman–Crippen LogP) is 1.72. The Morgan fingerprint density at radius 2 is 2.10 bits per heavy atom. The highest BCUT2D eigenvalue weighted by atomic mass is 35.5. The van der Waals surface area contributed by atoms with E-state index < -0.39 is 0 Å². The van der Waals surface area contributed by atoms with Crippen molar-refractivity contribution >= 4 is 17.5 Å². The first-order valence-electron chi connectivity index (χ1n) is 7.10. The SMILES string of the molecule is CN1CCC(CN2C(=O)CNC2c2ccc(Cl)cc2)C1. The zero-order chi connectivity index (χ0) is 14.1. The van der Waals surface area contributed by atoms with E-state index >= 15 is 0 Å². The van der Waals surface area contributed by atoms with E-state index in [2.05, 4.69) is 17.3 Å². The number of likely N-dealkylation sites (tertiary alicyclic amines) is 1. The largest absolute Gasteiger partial charge is 0.321 e. The van der Waals surface area contributed by atoms with Gasteiger partial charge in [0.25, 0.3) is 0 Å². The number of benzene rings is 1. The van der Waals surface area contributed by atoms with Gasteiger partial charge in [-0.25, -0.2) is 0 Å². The van der Waals surface area contributed by atoms with E-state index in [1.165, 1.54) is 6.42 Å². The maximum atomic E-state index is 12.1. The Balaban J connectivity index is 1.73. The van der Waals surface area contributed by atoms with Crippen LogP contribution in [-0.2, 0) is 4.79 Å². The zero-order valence-electron chi connectivity index (χ0n) is 11.7. The molecule has 2 fully saturated rings. The molecule has 2 aliphatic rings. The molecule has 5 heteroatoms. The molecule has 20 heavy (non-hydrogen) atoms. The van der Waals surface area contributed by atoms with Gasteiger partial charge in [-0.05, 0) is 43.6 Å². The second-order valence-corrected chi connectivity index (χ2v) is 6.23. The number of nitrogens with zero attached hydrogens (tertiary/aromatic N) is 2. The van der Waals surface area contributed by atoms with Crippen molar-refractivity contribution in [2.45, 2.75) is 12.6 Å². The molecule has 3 rings (SSSR count). The Kier molecular flexibility index (Phi) is 3.96. The van der Waals surface area contributed by atoms with Crippen molar-refractivity contribution in [1.82, 2.24) is 15.1 Å². The fourth-order valence-electron chi connectivity index (χ4n) is 3.14. The summed E-state index contributed by atoms with van der Waals surface area (Å²) >= 11 is 5.93. The molecule has 2 unspecified atom stereocenters. The third kappa shape index (κ3) is 2.82. The lowest BCUT2D eigenvalue weighted by Crippen LogP contribution is -2.35. The average Bonchev–Trinajstić information content (AvgIpc) is 2.99. The van der Waals surface area contributed by atoms with Crippen LogP contribution in [0.4, 0.5) is 0 Å². The van der Waals surface area contributed by atoms with Crippen molar-refractivity contribution in [2.75, 3.05) is 33.2 Å². The Labute approximate surface area is 124 Å². The molecule has 0 aliphatic carbocycles. The molecule has 0 bridgehead atoms. The Morgan fingerprint density at radius 3 is 2.75 bits per heavy atom. The fourth-order valence-corrected chi connectivity index (χ4v) is 3.27. The van der Waals surface area contributed by atoms with Gasteiger partial charge in [-0.3, -0.25) is 10.1 Å². The molecule has 1 aromatic rings. The number of hydrogen-bond acceptors (Lipinski definition) is 3. The van der Waals surface area contributed by atoms with E-state index in [0.717, 1.165) is 30.2 Å². The summed E-state index contributed by atoms with van der Waals surface area (Å²) in [6.45, 7) is 3.47. The molecule has 1 N–H and O–H groups in total. The van der Waals surface area contributed by atoms with Crippen molar-refractivity contribution in [1.29, 1.82) is 0 Å². The minimum Gasteiger partial charge on any atom is -0.321 e. The van der Waals surface area contributed by atoms with Crippen LogP contribution in [0.15, 0.2) is 24.3 Å². The molecule has 0 saturated carbocycles. The monoisotopic (exact) mass is 293 g/mol. The minimum atomic E-state index is -0.00864. The summed E-state index contributed by atoms with van der Waals surface area (Å²) in [4.78, 5) is 16.4. The van der Waals surface area contributed by atoms with Crippen LogP contribution in [0.1, 0.15) is 18.2 Å². The Hall–Kier alpha value is -1.10. The van der Waals surface area contributed by atoms with E-state index in [4.69, 9.17) is 11.6 Å². The van der Waals surface area contributed by atoms with E-state index in [0.29, 0.717) is 12.5 Å². The second-order valence-electron chi connectivity index (χ2n) is 5.80. The number of halogens is 1. The van der Waals surface area contributed by atoms with Gasteiger partial charge in [-0.2, -0.15) is 0 Å². The topological polar surface area (TPSA) is 35.6 Å². The van der Waals surface area contributed by atoms with Gasteiger partial charge < -0.3 is 9.80 Å². The van der Waals surface area contributed by atoms with Gasteiger partial charge >= 0.3 is 0 Å². The predicted molar refractivity (Wildman–Crippen MR) is 79.5 cm³/mol. The lowest BCUT2D eigenvalue weighted by Gasteiger charge is -2.27. The molecule has 108 valence electrons. The molecular weight excluding hydrogens is 274 g/mol. The van der Waals surface area contributed by atoms with Gasteiger partial charge in [-0.1, -0.05) is 23.7 Å². The molecule has 0 spiro atoms. The summed E-state index contributed by atoms with van der Waals surface area (Å²) in [5.41, 5.74) is 1.10. The van der Waals surface area contributed by atoms with E-state index in [9.17, 15) is 4.79 Å². The highest BCUT2D eigenvalue weighted by Crippen LogP contribution is 2.26. The number of hydrogen-bond donors (Lipinski definition) is 1. The molecular formula is C15H20ClN3O. The van der Waals surface area contributed by atoms with Gasteiger partial charge in [0.1, 0.15) is 6.17 Å². The molecule has 2 heterocycles. The number of carbonyl (C=O) groups excluding carboxylic acids is 1. The van der Waals surface area contributed by atoms with Gasteiger partial charge in [-0.15, -0.1) is 0 Å². The standard InChI is InChI=1S/C15H20ClN3O/c1-18-7-6-11(9-18)10-19-14(20)8-17-15(19)12-2-4-13(16)5-3-12/h2-5,11,15,17H,6-10H2,1H3. The lowest BCUT2D eigenvalue weighted by atomic mass is 10.1. The third-order valence-electron chi connectivity index (χ3n) is 4.21. The van der Waals surface area contributed by atoms with Crippen molar-refractivity contribution in [3.05, 3.63) is 34.9 Å². The molecule has 2 aliphatic heterocycles. The Morgan fingerprint density at radius 1 is 1.35 bits per heavy atom. The highest BCUT2D eigenvalue weighted by Gasteiger charge is 2.34. The summed E-state index contributed by atoms with van der Waals surface area (Å²) in [5, 5.41) is 4.02. The number of carbonyl (C=O) groups is 1. The molecule has 0 radical (unpaired) electrons. The van der Waals surface area contributed by atoms with E-state index in [-0.39, 0.29) is 12.1 Å². The van der Waals surface area contributed by atoms with Crippen LogP contribution in [0.2, 0.25) is 5.02 Å². The number of rotatable bonds is 3. The summed E-state index contributed by atoms with van der Waals surface area (Å²) in [7, 11) is 2.14. The van der Waals surface area contributed by atoms with Crippen LogP contribution in [0, 0.1) is 5.92 Å². The first-order chi connectivity index (χ1) is 9.63. The maximum absolute atomic E-state index is 12.1. The van der Waals surface area contributed by atoms with Crippen molar-refractivity contribution in [3.8, 4) is 0 Å². The van der Waals surface area contributed by atoms with Crippen LogP contribution in [0.25, 0.3) is 0 Å². The normalized spacial score (nSPS) is 27.5. The summed E-state index contributed by atoms with van der Waals surface area (Å²) in [6, 6.07) is 7.74. The second kappa shape index (κ2) is 5.72. The number of amides is 1. The van der Waals surface area contributed by atoms with Gasteiger partial charge in [0, 0.05) is 18.1 Å². The third-order valence-corrected chi connectivity index (χ3v) is 4.46. The minimum absolute atomic E-state index is 0.00864. The van der Waals surface area contributed by atoms with Crippen LogP contribution in [-0.4, -0.2) is 48.9 Å². The molecule has 2 saturated heterocycles. The van der Waals surface area contributed by atoms with Crippen LogP contribution < -0.4 is 5.32 Å². The summed E-state index contributed by atoms with van der Waals surface area (Å²) in [6.07, 6.45) is 1.17. The fraction of sp³-hybridized carbons (Fsp3) is 0.533. The number of nitrogens with one attached hydrogen (secondary N) is 1. The molecule has 0 aromatic heterocycles. The van der Waals surface area contributed by atoms with Crippen molar-refractivity contribution in [3.63, 3.8) is 0 Å². The zero-order valence-corrected chi connectivity index (χ0v) is 12.4. The lowest BCUT2D eigenvalue weighted by molar-refractivity contribution is -0.128. The van der Waals surface area contributed by atoms with Crippen molar-refractivity contribution in [2.24, 2.45) is 5.92 Å². The molecule has 1 aromatic carbocycles. The smallest absolute Gasteiger partial charge is 0.238 e. The maximum Gasteiger partial charge on any atom is 0.238 e. The molecule has 4 nitrogen and oxygen atoms in total. The first kappa shape index (κ1) is 13.9. The highest BCUT2D eigenvalue weighted by molar-refractivity contribution is 6.30. The molecule has 1 amide bonds. The quantitative estimate of drug-likeness (QED) is 0.922. The van der Waals surface area contributed by atoms with Crippen LogP contribution in [0.5, 0.6) is 0 Å². The van der Waals surface area contributed by atoms with Crippen LogP contribution >= 0.6 is 11.6 Å². The first-order valence-corrected chi connectivity index (χ1v) is 7.48. The van der Waals surface area contributed by atoms with E-state index in [1.54, 1.807) is 0 Å². The summed E-state index contributed by atoms with van der Waals surface area (Å²) < 4.78 is 0. The summed E-state index contributed by atoms with van der Waals surface area (Å²) in [5.74, 6) is 0.776. The van der Waals surface area contributed by atoms with Gasteiger partial charge in [0.2, 0.25) is 5.91 Å².